The van der Waals surface area contributed by atoms with E-state index < -0.39 is 0 Å². The number of carbonyl (C=O) groups excluding carboxylic acids is 1. The minimum absolute atomic E-state index is 0.326. The maximum absolute atomic E-state index is 12.3. The van der Waals surface area contributed by atoms with Gasteiger partial charge in [-0.15, -0.1) is 11.3 Å². The van der Waals surface area contributed by atoms with Crippen molar-refractivity contribution in [3.63, 3.8) is 0 Å². The van der Waals surface area contributed by atoms with Crippen LogP contribution in [0.15, 0.2) is 18.5 Å². The number of thiophene rings is 1. The number of anilines is 2. The average molecular weight is 406 g/mol. The molecule has 1 aliphatic rings. The predicted molar refractivity (Wildman–Crippen MR) is 112 cm³/mol. The Bertz CT molecular complexity index is 817. The van der Waals surface area contributed by atoms with E-state index >= 15 is 0 Å². The van der Waals surface area contributed by atoms with Gasteiger partial charge in [-0.05, 0) is 37.2 Å². The molecule has 27 heavy (non-hydrogen) atoms. The van der Waals surface area contributed by atoms with Crippen molar-refractivity contribution in [3.05, 3.63) is 34.5 Å². The zero-order valence-corrected chi connectivity index (χ0v) is 17.3. The molecule has 0 aromatic carbocycles. The molecule has 1 fully saturated rings. The highest BCUT2D eigenvalue weighted by molar-refractivity contribution is 7.80. The van der Waals surface area contributed by atoms with Crippen LogP contribution >= 0.6 is 23.6 Å². The van der Waals surface area contributed by atoms with E-state index in [-0.39, 0.29) is 5.97 Å². The maximum atomic E-state index is 12.3. The topological polar surface area (TPSA) is 70.6 Å². The van der Waals surface area contributed by atoms with Crippen molar-refractivity contribution in [2.45, 2.75) is 20.3 Å². The number of piperazine rings is 1. The lowest BCUT2D eigenvalue weighted by Crippen LogP contribution is -2.50. The monoisotopic (exact) mass is 405 g/mol. The number of hydrogen-bond acceptors (Lipinski definition) is 7. The van der Waals surface area contributed by atoms with Gasteiger partial charge in [0, 0.05) is 43.4 Å². The molecule has 2 aromatic heterocycles. The Hall–Kier alpha value is -2.26. The fraction of sp³-hybridized carbons (Fsp3) is 0.444. The van der Waals surface area contributed by atoms with Crippen molar-refractivity contribution >= 4 is 45.6 Å². The fourth-order valence-corrected chi connectivity index (χ4v) is 4.63. The molecule has 9 heteroatoms. The second-order valence-electron chi connectivity index (χ2n) is 6.14. The molecule has 0 aliphatic carbocycles. The first-order valence-electron chi connectivity index (χ1n) is 8.83. The molecule has 0 unspecified atom stereocenters. The van der Waals surface area contributed by atoms with Crippen LogP contribution in [-0.4, -0.2) is 59.2 Å². The number of methoxy groups -OCH3 is 1. The highest BCUT2D eigenvalue weighted by Crippen LogP contribution is 2.34. The molecule has 1 N–H and O–H groups in total. The Morgan fingerprint density at radius 2 is 1.96 bits per heavy atom. The molecule has 0 atom stereocenters. The summed E-state index contributed by atoms with van der Waals surface area (Å²) in [7, 11) is 1.40. The van der Waals surface area contributed by atoms with Crippen molar-refractivity contribution in [2.75, 3.05) is 43.5 Å². The van der Waals surface area contributed by atoms with Gasteiger partial charge in [0.15, 0.2) is 5.11 Å². The van der Waals surface area contributed by atoms with Crippen LogP contribution in [0, 0.1) is 6.92 Å². The van der Waals surface area contributed by atoms with E-state index in [1.165, 1.54) is 7.11 Å². The number of carbonyl (C=O) groups is 1. The number of hydrogen-bond donors (Lipinski definition) is 1. The zero-order chi connectivity index (χ0) is 19.4. The van der Waals surface area contributed by atoms with Gasteiger partial charge in [0.25, 0.3) is 0 Å². The Balaban J connectivity index is 1.67. The van der Waals surface area contributed by atoms with Crippen LogP contribution in [0.2, 0.25) is 0 Å². The molecule has 3 heterocycles. The number of nitrogens with zero attached hydrogens (tertiary/aromatic N) is 4. The first kappa shape index (κ1) is 19.5. The standard InChI is InChI=1S/C18H23N5O2S2/c1-4-13-12(2)27-15(14(13)16(24)25-3)21-18(26)23-10-8-22(9-11-23)17-19-6-5-7-20-17/h5-7H,4,8-11H2,1-3H3,(H,21,26). The van der Waals surface area contributed by atoms with Gasteiger partial charge in [0.1, 0.15) is 5.00 Å². The Labute approximate surface area is 168 Å². The Morgan fingerprint density at radius 1 is 1.30 bits per heavy atom. The molecule has 0 amide bonds. The lowest BCUT2D eigenvalue weighted by Gasteiger charge is -2.36. The number of rotatable bonds is 4. The smallest absolute Gasteiger partial charge is 0.341 e. The minimum Gasteiger partial charge on any atom is -0.465 e. The number of thiocarbonyl (C=S) groups is 1. The van der Waals surface area contributed by atoms with Gasteiger partial charge in [0.2, 0.25) is 5.95 Å². The van der Waals surface area contributed by atoms with Crippen LogP contribution in [-0.2, 0) is 11.2 Å². The second-order valence-corrected chi connectivity index (χ2v) is 7.75. The molecule has 1 saturated heterocycles. The largest absolute Gasteiger partial charge is 0.465 e. The van der Waals surface area contributed by atoms with Gasteiger partial charge in [-0.3, -0.25) is 0 Å². The van der Waals surface area contributed by atoms with Gasteiger partial charge in [-0.25, -0.2) is 14.8 Å². The Morgan fingerprint density at radius 3 is 2.56 bits per heavy atom. The highest BCUT2D eigenvalue weighted by atomic mass is 32.1. The summed E-state index contributed by atoms with van der Waals surface area (Å²) in [5, 5.41) is 4.65. The lowest BCUT2D eigenvalue weighted by molar-refractivity contribution is 0.0601. The van der Waals surface area contributed by atoms with Crippen molar-refractivity contribution in [1.29, 1.82) is 0 Å². The summed E-state index contributed by atoms with van der Waals surface area (Å²) >= 11 is 7.14. The SMILES string of the molecule is CCc1c(C)sc(NC(=S)N2CCN(c3ncccn3)CC2)c1C(=O)OC. The van der Waals surface area contributed by atoms with Crippen molar-refractivity contribution in [3.8, 4) is 0 Å². The molecule has 0 spiro atoms. The third-order valence-electron chi connectivity index (χ3n) is 4.57. The van der Waals surface area contributed by atoms with E-state index in [0.717, 1.165) is 54.0 Å². The normalized spacial score (nSPS) is 14.2. The summed E-state index contributed by atoms with van der Waals surface area (Å²) in [6.45, 7) is 7.17. The number of aromatic nitrogens is 2. The highest BCUT2D eigenvalue weighted by Gasteiger charge is 2.25. The molecular weight excluding hydrogens is 382 g/mol. The minimum atomic E-state index is -0.326. The first-order chi connectivity index (χ1) is 13.0. The molecular formula is C18H23N5O2S2. The second kappa shape index (κ2) is 8.62. The summed E-state index contributed by atoms with van der Waals surface area (Å²) in [6.07, 6.45) is 4.27. The first-order valence-corrected chi connectivity index (χ1v) is 10.1. The zero-order valence-electron chi connectivity index (χ0n) is 15.7. The van der Waals surface area contributed by atoms with Crippen LogP contribution in [0.5, 0.6) is 0 Å². The number of ether oxygens (including phenoxy) is 1. The molecule has 2 aromatic rings. The molecule has 3 rings (SSSR count). The lowest BCUT2D eigenvalue weighted by atomic mass is 10.1. The van der Waals surface area contributed by atoms with Crippen LogP contribution < -0.4 is 10.2 Å². The fourth-order valence-electron chi connectivity index (χ4n) is 3.15. The summed E-state index contributed by atoms with van der Waals surface area (Å²) in [5.41, 5.74) is 1.62. The molecule has 0 radical (unpaired) electrons. The maximum Gasteiger partial charge on any atom is 0.341 e. The summed E-state index contributed by atoms with van der Waals surface area (Å²) in [5.74, 6) is 0.415. The van der Waals surface area contributed by atoms with Gasteiger partial charge in [0.05, 0.1) is 12.7 Å². The van der Waals surface area contributed by atoms with E-state index in [0.29, 0.717) is 10.7 Å². The number of aryl methyl sites for hydroxylation is 1. The van der Waals surface area contributed by atoms with E-state index in [9.17, 15) is 4.79 Å². The Kier molecular flexibility index (Phi) is 6.22. The molecule has 144 valence electrons. The summed E-state index contributed by atoms with van der Waals surface area (Å²) in [6, 6.07) is 1.81. The van der Waals surface area contributed by atoms with E-state index in [1.54, 1.807) is 23.7 Å². The van der Waals surface area contributed by atoms with Crippen molar-refractivity contribution < 1.29 is 9.53 Å². The predicted octanol–water partition coefficient (Wildman–Crippen LogP) is 2.71. The number of esters is 1. The summed E-state index contributed by atoms with van der Waals surface area (Å²) in [4.78, 5) is 26.2. The van der Waals surface area contributed by atoms with Gasteiger partial charge in [-0.1, -0.05) is 6.92 Å². The van der Waals surface area contributed by atoms with Gasteiger partial charge < -0.3 is 19.9 Å². The molecule has 1 aliphatic heterocycles. The van der Waals surface area contributed by atoms with E-state index in [2.05, 4.69) is 25.1 Å². The summed E-state index contributed by atoms with van der Waals surface area (Å²) < 4.78 is 4.97. The van der Waals surface area contributed by atoms with Gasteiger partial charge >= 0.3 is 5.97 Å². The quantitative estimate of drug-likeness (QED) is 0.615. The third kappa shape index (κ3) is 4.19. The molecule has 0 saturated carbocycles. The van der Waals surface area contributed by atoms with Gasteiger partial charge in [-0.2, -0.15) is 0 Å². The average Bonchev–Trinajstić information content (AvgIpc) is 3.02. The number of nitrogens with one attached hydrogen (secondary N) is 1. The molecule has 7 nitrogen and oxygen atoms in total. The third-order valence-corrected chi connectivity index (χ3v) is 6.00. The van der Waals surface area contributed by atoms with E-state index in [1.807, 2.05) is 19.9 Å². The van der Waals surface area contributed by atoms with Crippen LogP contribution in [0.1, 0.15) is 27.7 Å². The molecule has 0 bridgehead atoms. The van der Waals surface area contributed by atoms with Crippen LogP contribution in [0.25, 0.3) is 0 Å². The van der Waals surface area contributed by atoms with Crippen molar-refractivity contribution in [1.82, 2.24) is 14.9 Å². The van der Waals surface area contributed by atoms with Crippen LogP contribution in [0.3, 0.4) is 0 Å². The van der Waals surface area contributed by atoms with E-state index in [4.69, 9.17) is 17.0 Å². The van der Waals surface area contributed by atoms with Crippen molar-refractivity contribution in [2.24, 2.45) is 0 Å². The van der Waals surface area contributed by atoms with Crippen LogP contribution in [0.4, 0.5) is 10.9 Å².